The summed E-state index contributed by atoms with van der Waals surface area (Å²) in [6.07, 6.45) is 5.54. The van der Waals surface area contributed by atoms with E-state index < -0.39 is 0 Å². The summed E-state index contributed by atoms with van der Waals surface area (Å²) >= 11 is 1.93. The van der Waals surface area contributed by atoms with E-state index in [0.717, 1.165) is 26.2 Å². The summed E-state index contributed by atoms with van der Waals surface area (Å²) in [5.41, 5.74) is 0.265. The summed E-state index contributed by atoms with van der Waals surface area (Å²) in [6.45, 7) is 2.70. The van der Waals surface area contributed by atoms with Gasteiger partial charge in [-0.15, -0.1) is 11.8 Å². The van der Waals surface area contributed by atoms with Crippen LogP contribution in [-0.2, 0) is 14.2 Å². The summed E-state index contributed by atoms with van der Waals surface area (Å²) in [6, 6.07) is 0. The molecule has 3 fully saturated rings. The minimum Gasteiger partial charge on any atom is -0.377 e. The van der Waals surface area contributed by atoms with Gasteiger partial charge in [0.15, 0.2) is 0 Å². The molecule has 0 aromatic rings. The predicted molar refractivity (Wildman–Crippen MR) is 59.1 cm³/mol. The van der Waals surface area contributed by atoms with Crippen LogP contribution in [0.15, 0.2) is 0 Å². The minimum atomic E-state index is 0.265. The second kappa shape index (κ2) is 4.62. The lowest BCUT2D eigenvalue weighted by Gasteiger charge is -2.18. The molecular formula is C11H18O3S. The van der Waals surface area contributed by atoms with Gasteiger partial charge >= 0.3 is 0 Å². The second-order valence-corrected chi connectivity index (χ2v) is 5.82. The highest BCUT2D eigenvalue weighted by Crippen LogP contribution is 2.38. The topological polar surface area (TPSA) is 27.7 Å². The van der Waals surface area contributed by atoms with Crippen molar-refractivity contribution in [2.45, 2.75) is 48.6 Å². The van der Waals surface area contributed by atoms with Crippen molar-refractivity contribution in [1.29, 1.82) is 0 Å². The Bertz CT molecular complexity index is 190. The zero-order chi connectivity index (χ0) is 10.1. The van der Waals surface area contributed by atoms with Crippen LogP contribution in [-0.4, -0.2) is 42.7 Å². The third kappa shape index (κ3) is 2.18. The lowest BCUT2D eigenvalue weighted by Crippen LogP contribution is -2.23. The molecule has 0 aromatic heterocycles. The Morgan fingerprint density at radius 3 is 2.27 bits per heavy atom. The summed E-state index contributed by atoms with van der Waals surface area (Å²) in [4.78, 5) is 0. The maximum absolute atomic E-state index is 5.82. The van der Waals surface area contributed by atoms with Crippen molar-refractivity contribution in [1.82, 2.24) is 0 Å². The van der Waals surface area contributed by atoms with Gasteiger partial charge < -0.3 is 14.2 Å². The lowest BCUT2D eigenvalue weighted by molar-refractivity contribution is 0.00182. The van der Waals surface area contributed by atoms with Gasteiger partial charge in [0.2, 0.25) is 0 Å². The standard InChI is InChI=1S/C11H18O3S/c1-3-8(12-5-1)10-7-14-11(15-10)9-4-2-6-13-9/h8-11H,1-7H2. The largest absolute Gasteiger partial charge is 0.377 e. The zero-order valence-corrected chi connectivity index (χ0v) is 9.71. The van der Waals surface area contributed by atoms with Crippen LogP contribution in [0.25, 0.3) is 0 Å². The average Bonchev–Trinajstić information content (AvgIpc) is 3.02. The molecule has 3 rings (SSSR count). The van der Waals surface area contributed by atoms with Gasteiger partial charge in [-0.2, -0.15) is 0 Å². The average molecular weight is 230 g/mol. The highest BCUT2D eigenvalue weighted by molar-refractivity contribution is 8.00. The van der Waals surface area contributed by atoms with Crippen molar-refractivity contribution in [3.05, 3.63) is 0 Å². The Hall–Kier alpha value is 0.230. The highest BCUT2D eigenvalue weighted by Gasteiger charge is 2.39. The van der Waals surface area contributed by atoms with E-state index in [1.54, 1.807) is 0 Å². The van der Waals surface area contributed by atoms with Gasteiger partial charge in [0, 0.05) is 13.2 Å². The number of thioether (sulfide) groups is 1. The summed E-state index contributed by atoms with van der Waals surface area (Å²) in [5.74, 6) is 0. The molecule has 3 saturated heterocycles. The van der Waals surface area contributed by atoms with E-state index in [2.05, 4.69) is 0 Å². The third-order valence-corrected chi connectivity index (χ3v) is 4.88. The molecule has 86 valence electrons. The molecule has 0 spiro atoms. The first kappa shape index (κ1) is 10.4. The first-order chi connectivity index (χ1) is 7.43. The van der Waals surface area contributed by atoms with Gasteiger partial charge in [-0.25, -0.2) is 0 Å². The molecule has 4 heteroatoms. The molecule has 0 radical (unpaired) electrons. The van der Waals surface area contributed by atoms with Crippen molar-refractivity contribution in [2.75, 3.05) is 19.8 Å². The normalized spacial score (nSPS) is 46.4. The van der Waals surface area contributed by atoms with Gasteiger partial charge in [-0.1, -0.05) is 0 Å². The highest BCUT2D eigenvalue weighted by atomic mass is 32.2. The van der Waals surface area contributed by atoms with Crippen LogP contribution in [0.1, 0.15) is 25.7 Å². The molecule has 0 saturated carbocycles. The molecule has 0 amide bonds. The second-order valence-electron chi connectivity index (χ2n) is 4.48. The van der Waals surface area contributed by atoms with E-state index in [4.69, 9.17) is 14.2 Å². The van der Waals surface area contributed by atoms with E-state index in [9.17, 15) is 0 Å². The maximum Gasteiger partial charge on any atom is 0.129 e. The molecule has 3 heterocycles. The number of ether oxygens (including phenoxy) is 3. The van der Waals surface area contributed by atoms with Crippen LogP contribution in [0.3, 0.4) is 0 Å². The Labute approximate surface area is 94.8 Å². The number of hydrogen-bond acceptors (Lipinski definition) is 4. The fraction of sp³-hybridized carbons (Fsp3) is 1.00. The van der Waals surface area contributed by atoms with E-state index in [0.29, 0.717) is 17.5 Å². The smallest absolute Gasteiger partial charge is 0.129 e. The van der Waals surface area contributed by atoms with Gasteiger partial charge in [-0.05, 0) is 25.7 Å². The van der Waals surface area contributed by atoms with Crippen LogP contribution in [0, 0.1) is 0 Å². The van der Waals surface area contributed by atoms with Crippen molar-refractivity contribution in [2.24, 2.45) is 0 Å². The molecule has 0 aliphatic carbocycles. The van der Waals surface area contributed by atoms with Gasteiger partial charge in [-0.3, -0.25) is 0 Å². The molecule has 4 atom stereocenters. The van der Waals surface area contributed by atoms with E-state index in [1.807, 2.05) is 11.8 Å². The first-order valence-electron chi connectivity index (χ1n) is 5.94. The van der Waals surface area contributed by atoms with Crippen LogP contribution >= 0.6 is 11.8 Å². The summed E-state index contributed by atoms with van der Waals surface area (Å²) in [7, 11) is 0. The molecular weight excluding hydrogens is 212 g/mol. The van der Waals surface area contributed by atoms with Gasteiger partial charge in [0.25, 0.3) is 0 Å². The Balaban J connectivity index is 1.53. The summed E-state index contributed by atoms with van der Waals surface area (Å²) in [5, 5.41) is 0.543. The first-order valence-corrected chi connectivity index (χ1v) is 6.88. The molecule has 3 aliphatic rings. The SMILES string of the molecule is C1COC(C2COC(C3CCCO3)S2)C1. The zero-order valence-electron chi connectivity index (χ0n) is 8.89. The van der Waals surface area contributed by atoms with Crippen molar-refractivity contribution in [3.8, 4) is 0 Å². The Morgan fingerprint density at radius 2 is 1.60 bits per heavy atom. The van der Waals surface area contributed by atoms with Gasteiger partial charge in [0.1, 0.15) is 5.44 Å². The molecule has 0 aromatic carbocycles. The van der Waals surface area contributed by atoms with Crippen LogP contribution in [0.2, 0.25) is 0 Å². The van der Waals surface area contributed by atoms with Crippen LogP contribution < -0.4 is 0 Å². The van der Waals surface area contributed by atoms with E-state index >= 15 is 0 Å². The summed E-state index contributed by atoms with van der Waals surface area (Å²) < 4.78 is 17.2. The molecule has 3 nitrogen and oxygen atoms in total. The van der Waals surface area contributed by atoms with E-state index in [-0.39, 0.29) is 5.44 Å². The molecule has 4 unspecified atom stereocenters. The fourth-order valence-corrected chi connectivity index (χ4v) is 3.98. The molecule has 0 bridgehead atoms. The van der Waals surface area contributed by atoms with E-state index in [1.165, 1.54) is 19.3 Å². The van der Waals surface area contributed by atoms with Crippen molar-refractivity contribution < 1.29 is 14.2 Å². The third-order valence-electron chi connectivity index (χ3n) is 3.38. The maximum atomic E-state index is 5.82. The molecule has 15 heavy (non-hydrogen) atoms. The number of rotatable bonds is 2. The van der Waals surface area contributed by atoms with Crippen molar-refractivity contribution >= 4 is 11.8 Å². The Morgan fingerprint density at radius 1 is 0.867 bits per heavy atom. The molecule has 0 N–H and O–H groups in total. The Kier molecular flexibility index (Phi) is 3.20. The van der Waals surface area contributed by atoms with Crippen LogP contribution in [0.4, 0.5) is 0 Å². The quantitative estimate of drug-likeness (QED) is 0.723. The predicted octanol–water partition coefficient (Wildman–Crippen LogP) is 1.80. The molecule has 3 aliphatic heterocycles. The number of hydrogen-bond donors (Lipinski definition) is 0. The lowest BCUT2D eigenvalue weighted by atomic mass is 10.2. The monoisotopic (exact) mass is 230 g/mol. The van der Waals surface area contributed by atoms with Gasteiger partial charge in [0.05, 0.1) is 24.1 Å². The minimum absolute atomic E-state index is 0.265. The van der Waals surface area contributed by atoms with Crippen molar-refractivity contribution in [3.63, 3.8) is 0 Å². The van der Waals surface area contributed by atoms with Crippen LogP contribution in [0.5, 0.6) is 0 Å². The fourth-order valence-electron chi connectivity index (χ4n) is 2.54.